The van der Waals surface area contributed by atoms with Crippen molar-refractivity contribution in [1.29, 1.82) is 0 Å². The summed E-state index contributed by atoms with van der Waals surface area (Å²) < 4.78 is 4.96. The lowest BCUT2D eigenvalue weighted by Gasteiger charge is -2.13. The van der Waals surface area contributed by atoms with Crippen LogP contribution in [0.5, 0.6) is 0 Å². The molecule has 100 valence electrons. The summed E-state index contributed by atoms with van der Waals surface area (Å²) in [4.78, 5) is 11.6. The molecule has 18 heavy (non-hydrogen) atoms. The minimum Gasteiger partial charge on any atom is -0.383 e. The van der Waals surface area contributed by atoms with Gasteiger partial charge >= 0.3 is 0 Å². The first kappa shape index (κ1) is 14.5. The van der Waals surface area contributed by atoms with E-state index in [4.69, 9.17) is 4.74 Å². The van der Waals surface area contributed by atoms with Gasteiger partial charge in [-0.05, 0) is 31.0 Å². The van der Waals surface area contributed by atoms with Crippen molar-refractivity contribution >= 4 is 11.6 Å². The van der Waals surface area contributed by atoms with Gasteiger partial charge in [-0.1, -0.05) is 19.1 Å². The van der Waals surface area contributed by atoms with Crippen LogP contribution < -0.4 is 10.6 Å². The highest BCUT2D eigenvalue weighted by Gasteiger charge is 2.06. The summed E-state index contributed by atoms with van der Waals surface area (Å²) in [6.07, 6.45) is 1.02. The summed E-state index contributed by atoms with van der Waals surface area (Å²) >= 11 is 0. The molecular formula is C14H22N2O2. The quantitative estimate of drug-likeness (QED) is 0.776. The van der Waals surface area contributed by atoms with Crippen LogP contribution in [-0.2, 0) is 16.0 Å². The topological polar surface area (TPSA) is 50.4 Å². The molecule has 0 aromatic heterocycles. The molecule has 0 aliphatic heterocycles. The second kappa shape index (κ2) is 7.71. The van der Waals surface area contributed by atoms with E-state index in [0.29, 0.717) is 6.61 Å². The maximum absolute atomic E-state index is 11.6. The van der Waals surface area contributed by atoms with Crippen LogP contribution in [0.15, 0.2) is 24.3 Å². The first-order valence-electron chi connectivity index (χ1n) is 6.26. The van der Waals surface area contributed by atoms with Crippen LogP contribution in [0.2, 0.25) is 0 Å². The number of carbonyl (C=O) groups is 1. The van der Waals surface area contributed by atoms with Gasteiger partial charge in [0.2, 0.25) is 5.91 Å². The van der Waals surface area contributed by atoms with Crippen molar-refractivity contribution in [1.82, 2.24) is 5.32 Å². The van der Waals surface area contributed by atoms with Gasteiger partial charge in [-0.15, -0.1) is 0 Å². The van der Waals surface area contributed by atoms with E-state index < -0.39 is 0 Å². The molecule has 0 aliphatic carbocycles. The van der Waals surface area contributed by atoms with Crippen LogP contribution in [0, 0.1) is 0 Å². The smallest absolute Gasteiger partial charge is 0.239 e. The average molecular weight is 250 g/mol. The number of carbonyl (C=O) groups excluding carboxylic acids is 1. The highest BCUT2D eigenvalue weighted by molar-refractivity contribution is 5.80. The molecule has 1 unspecified atom stereocenters. The van der Waals surface area contributed by atoms with Gasteiger partial charge in [0.1, 0.15) is 0 Å². The first-order chi connectivity index (χ1) is 8.65. The zero-order valence-electron chi connectivity index (χ0n) is 11.3. The predicted molar refractivity (Wildman–Crippen MR) is 73.8 cm³/mol. The Bertz CT molecular complexity index is 363. The second-order valence-electron chi connectivity index (χ2n) is 4.33. The maximum atomic E-state index is 11.6. The Kier molecular flexibility index (Phi) is 6.22. The molecule has 0 bridgehead atoms. The number of anilines is 1. The van der Waals surface area contributed by atoms with E-state index in [-0.39, 0.29) is 18.5 Å². The molecule has 0 aliphatic rings. The molecule has 1 atom stereocenters. The average Bonchev–Trinajstić information content (AvgIpc) is 2.37. The molecule has 0 heterocycles. The molecule has 0 fully saturated rings. The van der Waals surface area contributed by atoms with Gasteiger partial charge in [-0.3, -0.25) is 4.79 Å². The van der Waals surface area contributed by atoms with Gasteiger partial charge in [0.05, 0.1) is 13.2 Å². The van der Waals surface area contributed by atoms with E-state index >= 15 is 0 Å². The Labute approximate surface area is 109 Å². The molecule has 2 N–H and O–H groups in total. The molecule has 1 aromatic rings. The molecule has 1 aromatic carbocycles. The zero-order chi connectivity index (χ0) is 13.4. The first-order valence-corrected chi connectivity index (χ1v) is 6.26. The van der Waals surface area contributed by atoms with Crippen molar-refractivity contribution in [3.05, 3.63) is 29.8 Å². The van der Waals surface area contributed by atoms with Crippen molar-refractivity contribution < 1.29 is 9.53 Å². The molecule has 1 amide bonds. The fourth-order valence-electron chi connectivity index (χ4n) is 1.66. The molecule has 1 rings (SSSR count). The van der Waals surface area contributed by atoms with E-state index in [2.05, 4.69) is 29.7 Å². The second-order valence-corrected chi connectivity index (χ2v) is 4.33. The van der Waals surface area contributed by atoms with Gasteiger partial charge in [-0.25, -0.2) is 0 Å². The monoisotopic (exact) mass is 250 g/mol. The van der Waals surface area contributed by atoms with Gasteiger partial charge in [-0.2, -0.15) is 0 Å². The Morgan fingerprint density at radius 1 is 1.33 bits per heavy atom. The van der Waals surface area contributed by atoms with Crippen LogP contribution in [0.4, 0.5) is 5.69 Å². The van der Waals surface area contributed by atoms with Gasteiger partial charge in [0.15, 0.2) is 0 Å². The van der Waals surface area contributed by atoms with Gasteiger partial charge < -0.3 is 15.4 Å². The number of amides is 1. The third-order valence-electron chi connectivity index (χ3n) is 2.64. The van der Waals surface area contributed by atoms with E-state index in [1.807, 2.05) is 19.1 Å². The summed E-state index contributed by atoms with van der Waals surface area (Å²) in [7, 11) is 1.62. The largest absolute Gasteiger partial charge is 0.383 e. The van der Waals surface area contributed by atoms with Crippen molar-refractivity contribution in [2.24, 2.45) is 0 Å². The molecule has 0 saturated carbocycles. The number of hydrogen-bond donors (Lipinski definition) is 2. The van der Waals surface area contributed by atoms with E-state index in [0.717, 1.165) is 12.1 Å². The van der Waals surface area contributed by atoms with Crippen LogP contribution in [0.1, 0.15) is 19.4 Å². The number of aryl methyl sites for hydroxylation is 1. The van der Waals surface area contributed by atoms with Crippen LogP contribution >= 0.6 is 0 Å². The number of benzene rings is 1. The Hall–Kier alpha value is -1.55. The number of methoxy groups -OCH3 is 1. The molecule has 4 nitrogen and oxygen atoms in total. The van der Waals surface area contributed by atoms with Crippen LogP contribution in [0.25, 0.3) is 0 Å². The standard InChI is InChI=1S/C14H22N2O2/c1-4-12-5-7-13(8-6-12)15-9-14(17)16-11(2)10-18-3/h5-8,11,15H,4,9-10H2,1-3H3,(H,16,17). The maximum Gasteiger partial charge on any atom is 0.239 e. The molecule has 4 heteroatoms. The fraction of sp³-hybridized carbons (Fsp3) is 0.500. The van der Waals surface area contributed by atoms with Crippen LogP contribution in [0.3, 0.4) is 0 Å². The van der Waals surface area contributed by atoms with Crippen molar-refractivity contribution in [2.75, 3.05) is 25.6 Å². The predicted octanol–water partition coefficient (Wildman–Crippen LogP) is 1.81. The van der Waals surface area contributed by atoms with Crippen molar-refractivity contribution in [2.45, 2.75) is 26.3 Å². The van der Waals surface area contributed by atoms with Gasteiger partial charge in [0.25, 0.3) is 0 Å². The minimum absolute atomic E-state index is 0.0286. The summed E-state index contributed by atoms with van der Waals surface area (Å²) in [5.74, 6) is -0.0286. The Balaban J connectivity index is 2.33. The normalized spacial score (nSPS) is 11.9. The minimum atomic E-state index is -0.0286. The number of hydrogen-bond acceptors (Lipinski definition) is 3. The summed E-state index contributed by atoms with van der Waals surface area (Å²) in [6.45, 7) is 4.83. The summed E-state index contributed by atoms with van der Waals surface area (Å²) in [6, 6.07) is 8.14. The number of rotatable bonds is 7. The van der Waals surface area contributed by atoms with Crippen molar-refractivity contribution in [3.63, 3.8) is 0 Å². The summed E-state index contributed by atoms with van der Waals surface area (Å²) in [5.41, 5.74) is 2.25. The number of ether oxygens (including phenoxy) is 1. The van der Waals surface area contributed by atoms with Gasteiger partial charge in [0, 0.05) is 18.8 Å². The Morgan fingerprint density at radius 3 is 2.56 bits per heavy atom. The van der Waals surface area contributed by atoms with E-state index in [1.54, 1.807) is 7.11 Å². The third kappa shape index (κ3) is 5.19. The SMILES string of the molecule is CCc1ccc(NCC(=O)NC(C)COC)cc1. The highest BCUT2D eigenvalue weighted by Crippen LogP contribution is 2.09. The lowest BCUT2D eigenvalue weighted by atomic mass is 10.1. The van der Waals surface area contributed by atoms with Crippen molar-refractivity contribution in [3.8, 4) is 0 Å². The lowest BCUT2D eigenvalue weighted by Crippen LogP contribution is -2.39. The fourth-order valence-corrected chi connectivity index (χ4v) is 1.66. The van der Waals surface area contributed by atoms with E-state index in [9.17, 15) is 4.79 Å². The number of nitrogens with one attached hydrogen (secondary N) is 2. The molecular weight excluding hydrogens is 228 g/mol. The highest BCUT2D eigenvalue weighted by atomic mass is 16.5. The van der Waals surface area contributed by atoms with Crippen LogP contribution in [-0.4, -0.2) is 32.2 Å². The third-order valence-corrected chi connectivity index (χ3v) is 2.64. The molecule has 0 saturated heterocycles. The zero-order valence-corrected chi connectivity index (χ0v) is 11.3. The molecule has 0 spiro atoms. The Morgan fingerprint density at radius 2 is 2.00 bits per heavy atom. The lowest BCUT2D eigenvalue weighted by molar-refractivity contribution is -0.120. The molecule has 0 radical (unpaired) electrons. The summed E-state index contributed by atoms with van der Waals surface area (Å²) in [5, 5.41) is 5.94. The van der Waals surface area contributed by atoms with E-state index in [1.165, 1.54) is 5.56 Å².